The molecule has 5 heteroatoms. The van der Waals surface area contributed by atoms with E-state index in [-0.39, 0.29) is 6.10 Å². The molecule has 0 amide bonds. The molecule has 0 spiro atoms. The van der Waals surface area contributed by atoms with Crippen molar-refractivity contribution in [2.45, 2.75) is 57.3 Å². The molecule has 1 saturated carbocycles. The Hall–Kier alpha value is -0.910. The molecule has 1 saturated heterocycles. The number of likely N-dealkylation sites (tertiary alicyclic amines) is 1. The first-order valence-corrected chi connectivity index (χ1v) is 7.87. The average Bonchev–Trinajstić information content (AvgIpc) is 3.12. The number of β-amino-alcohol motifs (C(OH)–C–C–N with tert-alkyl or cyclic N) is 1. The summed E-state index contributed by atoms with van der Waals surface area (Å²) < 4.78 is 2.19. The fourth-order valence-electron chi connectivity index (χ4n) is 3.70. The molecule has 1 aliphatic heterocycles. The largest absolute Gasteiger partial charge is 0.392 e. The summed E-state index contributed by atoms with van der Waals surface area (Å²) >= 11 is 0. The average molecular weight is 278 g/mol. The van der Waals surface area contributed by atoms with Crippen LogP contribution in [0.25, 0.3) is 0 Å². The zero-order chi connectivity index (χ0) is 13.9. The number of aryl methyl sites for hydroxylation is 1. The van der Waals surface area contributed by atoms with E-state index in [1.807, 2.05) is 19.3 Å². The first kappa shape index (κ1) is 14.0. The van der Waals surface area contributed by atoms with Gasteiger partial charge in [0.2, 0.25) is 0 Å². The molecule has 0 aromatic carbocycles. The molecule has 2 fully saturated rings. The molecule has 2 heterocycles. The van der Waals surface area contributed by atoms with Gasteiger partial charge in [-0.2, -0.15) is 0 Å². The molecule has 3 rings (SSSR count). The SMILES string of the molecule is Cc1nccn1CCN[C@@H]1CCC[C@@H]1N1CCC(O)C1. The smallest absolute Gasteiger partial charge is 0.105 e. The van der Waals surface area contributed by atoms with Crippen molar-refractivity contribution in [2.24, 2.45) is 0 Å². The van der Waals surface area contributed by atoms with E-state index in [0.29, 0.717) is 12.1 Å². The molecule has 1 unspecified atom stereocenters. The van der Waals surface area contributed by atoms with E-state index in [1.54, 1.807) is 0 Å². The molecule has 1 aromatic heterocycles. The summed E-state index contributed by atoms with van der Waals surface area (Å²) in [7, 11) is 0. The Balaban J connectivity index is 1.48. The number of nitrogens with zero attached hydrogens (tertiary/aromatic N) is 3. The van der Waals surface area contributed by atoms with Crippen LogP contribution in [0.5, 0.6) is 0 Å². The maximum atomic E-state index is 9.71. The molecule has 2 N–H and O–H groups in total. The minimum Gasteiger partial charge on any atom is -0.392 e. The van der Waals surface area contributed by atoms with Crippen molar-refractivity contribution < 1.29 is 5.11 Å². The van der Waals surface area contributed by atoms with Crippen LogP contribution in [0.1, 0.15) is 31.5 Å². The van der Waals surface area contributed by atoms with Gasteiger partial charge in [-0.25, -0.2) is 4.98 Å². The number of aliphatic hydroxyl groups is 1. The van der Waals surface area contributed by atoms with Crippen molar-refractivity contribution in [3.8, 4) is 0 Å². The highest BCUT2D eigenvalue weighted by molar-refractivity contribution is 4.94. The van der Waals surface area contributed by atoms with E-state index in [1.165, 1.54) is 19.3 Å². The molecule has 112 valence electrons. The maximum Gasteiger partial charge on any atom is 0.105 e. The molecular formula is C15H26N4O. The molecule has 1 aliphatic carbocycles. The van der Waals surface area contributed by atoms with E-state index >= 15 is 0 Å². The van der Waals surface area contributed by atoms with Gasteiger partial charge < -0.3 is 15.0 Å². The predicted octanol–water partition coefficient (Wildman–Crippen LogP) is 0.769. The molecule has 2 aliphatic rings. The second-order valence-corrected chi connectivity index (χ2v) is 6.16. The van der Waals surface area contributed by atoms with Crippen LogP contribution in [0, 0.1) is 6.92 Å². The van der Waals surface area contributed by atoms with Crippen LogP contribution in [0.15, 0.2) is 12.4 Å². The third-order valence-corrected chi connectivity index (χ3v) is 4.83. The summed E-state index contributed by atoms with van der Waals surface area (Å²) in [5.74, 6) is 1.08. The molecule has 0 radical (unpaired) electrons. The Morgan fingerprint density at radius 3 is 3.00 bits per heavy atom. The Morgan fingerprint density at radius 2 is 2.30 bits per heavy atom. The highest BCUT2D eigenvalue weighted by atomic mass is 16.3. The van der Waals surface area contributed by atoms with Crippen molar-refractivity contribution >= 4 is 0 Å². The Labute approximate surface area is 121 Å². The summed E-state index contributed by atoms with van der Waals surface area (Å²) in [5, 5.41) is 13.4. The van der Waals surface area contributed by atoms with E-state index in [2.05, 4.69) is 19.8 Å². The minimum atomic E-state index is -0.107. The Bertz CT molecular complexity index is 433. The molecule has 20 heavy (non-hydrogen) atoms. The topological polar surface area (TPSA) is 53.3 Å². The molecule has 3 atom stereocenters. The van der Waals surface area contributed by atoms with Crippen molar-refractivity contribution in [3.63, 3.8) is 0 Å². The van der Waals surface area contributed by atoms with Crippen LogP contribution in [0.2, 0.25) is 0 Å². The lowest BCUT2D eigenvalue weighted by molar-refractivity contribution is 0.150. The third-order valence-electron chi connectivity index (χ3n) is 4.83. The second-order valence-electron chi connectivity index (χ2n) is 6.16. The van der Waals surface area contributed by atoms with Gasteiger partial charge in [-0.15, -0.1) is 0 Å². The van der Waals surface area contributed by atoms with Crippen LogP contribution >= 0.6 is 0 Å². The lowest BCUT2D eigenvalue weighted by Crippen LogP contribution is -2.47. The number of hydrogen-bond donors (Lipinski definition) is 2. The van der Waals surface area contributed by atoms with E-state index in [0.717, 1.165) is 38.4 Å². The third kappa shape index (κ3) is 3.05. The molecule has 0 bridgehead atoms. The fraction of sp³-hybridized carbons (Fsp3) is 0.800. The summed E-state index contributed by atoms with van der Waals surface area (Å²) in [4.78, 5) is 6.74. The monoisotopic (exact) mass is 278 g/mol. The molecule has 1 aromatic rings. The summed E-state index contributed by atoms with van der Waals surface area (Å²) in [6.07, 6.45) is 8.58. The zero-order valence-corrected chi connectivity index (χ0v) is 12.3. The van der Waals surface area contributed by atoms with E-state index in [4.69, 9.17) is 0 Å². The van der Waals surface area contributed by atoms with E-state index < -0.39 is 0 Å². The van der Waals surface area contributed by atoms with Crippen molar-refractivity contribution in [2.75, 3.05) is 19.6 Å². The number of imidazole rings is 1. The van der Waals surface area contributed by atoms with Crippen molar-refractivity contribution in [1.82, 2.24) is 19.8 Å². The van der Waals surface area contributed by atoms with Gasteiger partial charge in [0.25, 0.3) is 0 Å². The fourth-order valence-corrected chi connectivity index (χ4v) is 3.70. The lowest BCUT2D eigenvalue weighted by atomic mass is 10.1. The first-order valence-electron chi connectivity index (χ1n) is 7.87. The lowest BCUT2D eigenvalue weighted by Gasteiger charge is -2.30. The molecule has 5 nitrogen and oxygen atoms in total. The Kier molecular flexibility index (Phi) is 4.38. The standard InChI is InChI=1S/C15H26N4O/c1-12-16-6-9-18(12)10-7-17-14-3-2-4-15(14)19-8-5-13(20)11-19/h6,9,13-15,17,20H,2-5,7-8,10-11H2,1H3/t13?,14-,15+/m1/s1. The van der Waals surface area contributed by atoms with Gasteiger partial charge in [0.1, 0.15) is 5.82 Å². The number of aliphatic hydroxyl groups excluding tert-OH is 1. The maximum absolute atomic E-state index is 9.71. The van der Waals surface area contributed by atoms with Gasteiger partial charge in [-0.3, -0.25) is 4.90 Å². The Morgan fingerprint density at radius 1 is 1.40 bits per heavy atom. The highest BCUT2D eigenvalue weighted by Crippen LogP contribution is 2.27. The normalized spacial score (nSPS) is 31.2. The van der Waals surface area contributed by atoms with Crippen LogP contribution in [0.3, 0.4) is 0 Å². The second kappa shape index (κ2) is 6.24. The summed E-state index contributed by atoms with van der Waals surface area (Å²) in [6, 6.07) is 1.21. The number of nitrogens with one attached hydrogen (secondary N) is 1. The van der Waals surface area contributed by atoms with Gasteiger partial charge in [0, 0.05) is 50.7 Å². The van der Waals surface area contributed by atoms with Crippen LogP contribution < -0.4 is 5.32 Å². The summed E-state index contributed by atoms with van der Waals surface area (Å²) in [5.41, 5.74) is 0. The van der Waals surface area contributed by atoms with Crippen LogP contribution in [-0.2, 0) is 6.54 Å². The minimum absolute atomic E-state index is 0.107. The van der Waals surface area contributed by atoms with Crippen LogP contribution in [-0.4, -0.2) is 57.4 Å². The van der Waals surface area contributed by atoms with Gasteiger partial charge in [0.15, 0.2) is 0 Å². The van der Waals surface area contributed by atoms with Gasteiger partial charge >= 0.3 is 0 Å². The molecular weight excluding hydrogens is 252 g/mol. The van der Waals surface area contributed by atoms with Gasteiger partial charge in [-0.05, 0) is 26.2 Å². The van der Waals surface area contributed by atoms with Crippen molar-refractivity contribution in [1.29, 1.82) is 0 Å². The highest BCUT2D eigenvalue weighted by Gasteiger charge is 2.35. The van der Waals surface area contributed by atoms with Crippen LogP contribution in [0.4, 0.5) is 0 Å². The number of aromatic nitrogens is 2. The van der Waals surface area contributed by atoms with Gasteiger partial charge in [-0.1, -0.05) is 6.42 Å². The van der Waals surface area contributed by atoms with E-state index in [9.17, 15) is 5.11 Å². The van der Waals surface area contributed by atoms with Gasteiger partial charge in [0.05, 0.1) is 6.10 Å². The summed E-state index contributed by atoms with van der Waals surface area (Å²) in [6.45, 7) is 5.95. The number of rotatable bonds is 5. The quantitative estimate of drug-likeness (QED) is 0.835. The first-order chi connectivity index (χ1) is 9.74. The van der Waals surface area contributed by atoms with Crippen molar-refractivity contribution in [3.05, 3.63) is 18.2 Å². The zero-order valence-electron chi connectivity index (χ0n) is 12.3. The predicted molar refractivity (Wildman–Crippen MR) is 78.6 cm³/mol. The number of hydrogen-bond acceptors (Lipinski definition) is 4.